The normalized spacial score (nSPS) is 10.3. The highest BCUT2D eigenvalue weighted by Gasteiger charge is 2.11. The third kappa shape index (κ3) is 3.34. The molecule has 0 atom stereocenters. The lowest BCUT2D eigenvalue weighted by Gasteiger charge is -2.10. The molecule has 20 heavy (non-hydrogen) atoms. The van der Waals surface area contributed by atoms with Crippen molar-refractivity contribution in [2.45, 2.75) is 20.5 Å². The minimum atomic E-state index is -0.262. The van der Waals surface area contributed by atoms with Gasteiger partial charge >= 0.3 is 0 Å². The number of anilines is 1. The molecule has 2 rings (SSSR count). The van der Waals surface area contributed by atoms with Crippen molar-refractivity contribution in [2.24, 2.45) is 0 Å². The molecule has 2 N–H and O–H groups in total. The fourth-order valence-electron chi connectivity index (χ4n) is 1.74. The van der Waals surface area contributed by atoms with E-state index in [0.717, 1.165) is 5.01 Å². The molecule has 0 saturated heterocycles. The van der Waals surface area contributed by atoms with Gasteiger partial charge < -0.3 is 15.2 Å². The lowest BCUT2D eigenvalue weighted by Crippen LogP contribution is -2.12. The molecular formula is C14H16N2O3S. The number of thiazole rings is 1. The molecule has 0 aliphatic heterocycles. The zero-order chi connectivity index (χ0) is 14.5. The average molecular weight is 292 g/mol. The molecule has 0 fully saturated rings. The van der Waals surface area contributed by atoms with E-state index >= 15 is 0 Å². The van der Waals surface area contributed by atoms with Crippen LogP contribution < -0.4 is 10.1 Å². The second kappa shape index (κ2) is 6.49. The van der Waals surface area contributed by atoms with E-state index in [1.165, 1.54) is 11.3 Å². The van der Waals surface area contributed by atoms with Crippen molar-refractivity contribution in [3.05, 3.63) is 39.8 Å². The number of aliphatic hydroxyl groups excluding tert-OH is 1. The number of amides is 1. The van der Waals surface area contributed by atoms with E-state index in [4.69, 9.17) is 4.74 Å². The first-order valence-corrected chi connectivity index (χ1v) is 7.12. The van der Waals surface area contributed by atoms with Crippen LogP contribution in [0.4, 0.5) is 5.69 Å². The fourth-order valence-corrected chi connectivity index (χ4v) is 2.33. The molecule has 1 heterocycles. The zero-order valence-corrected chi connectivity index (χ0v) is 12.2. The minimum Gasteiger partial charge on any atom is -0.494 e. The first-order chi connectivity index (χ1) is 9.63. The number of aromatic nitrogens is 1. The summed E-state index contributed by atoms with van der Waals surface area (Å²) in [6, 6.07) is 5.17. The number of aryl methyl sites for hydroxylation is 1. The zero-order valence-electron chi connectivity index (χ0n) is 11.3. The summed E-state index contributed by atoms with van der Waals surface area (Å²) in [6.07, 6.45) is 0. The van der Waals surface area contributed by atoms with Crippen LogP contribution in [-0.2, 0) is 6.61 Å². The Morgan fingerprint density at radius 2 is 2.30 bits per heavy atom. The summed E-state index contributed by atoms with van der Waals surface area (Å²) >= 11 is 1.43. The molecule has 0 spiro atoms. The van der Waals surface area contributed by atoms with Gasteiger partial charge in [-0.2, -0.15) is 0 Å². The van der Waals surface area contributed by atoms with Crippen LogP contribution >= 0.6 is 11.3 Å². The van der Waals surface area contributed by atoms with Gasteiger partial charge in [0.15, 0.2) is 0 Å². The van der Waals surface area contributed by atoms with Gasteiger partial charge in [-0.25, -0.2) is 4.98 Å². The summed E-state index contributed by atoms with van der Waals surface area (Å²) < 4.78 is 5.39. The van der Waals surface area contributed by atoms with Gasteiger partial charge in [0.25, 0.3) is 5.91 Å². The van der Waals surface area contributed by atoms with Gasteiger partial charge in [-0.15, -0.1) is 11.3 Å². The molecule has 0 unspecified atom stereocenters. The first kappa shape index (κ1) is 14.5. The van der Waals surface area contributed by atoms with Crippen LogP contribution in [0.2, 0.25) is 0 Å². The van der Waals surface area contributed by atoms with E-state index in [9.17, 15) is 9.90 Å². The van der Waals surface area contributed by atoms with Crippen LogP contribution in [0.5, 0.6) is 5.75 Å². The third-order valence-corrected chi connectivity index (χ3v) is 3.41. The first-order valence-electron chi connectivity index (χ1n) is 6.24. The van der Waals surface area contributed by atoms with Crippen molar-refractivity contribution in [3.63, 3.8) is 0 Å². The Morgan fingerprint density at radius 1 is 1.50 bits per heavy atom. The SMILES string of the molecule is CCOc1ccc(NC(=O)c2csc(C)n2)cc1CO. The summed E-state index contributed by atoms with van der Waals surface area (Å²) in [4.78, 5) is 16.1. The van der Waals surface area contributed by atoms with Gasteiger partial charge in [-0.05, 0) is 32.0 Å². The molecule has 1 aromatic carbocycles. The Kier molecular flexibility index (Phi) is 4.70. The van der Waals surface area contributed by atoms with Gasteiger partial charge in [-0.1, -0.05) is 0 Å². The number of nitrogens with zero attached hydrogens (tertiary/aromatic N) is 1. The van der Waals surface area contributed by atoms with Crippen molar-refractivity contribution in [1.82, 2.24) is 4.98 Å². The quantitative estimate of drug-likeness (QED) is 0.888. The van der Waals surface area contributed by atoms with Gasteiger partial charge in [-0.3, -0.25) is 4.79 Å². The molecule has 1 amide bonds. The molecule has 0 aliphatic carbocycles. The van der Waals surface area contributed by atoms with Crippen LogP contribution in [0.25, 0.3) is 0 Å². The number of rotatable bonds is 5. The van der Waals surface area contributed by atoms with Gasteiger partial charge in [0.1, 0.15) is 11.4 Å². The molecular weight excluding hydrogens is 276 g/mol. The number of hydrogen-bond donors (Lipinski definition) is 2. The van der Waals surface area contributed by atoms with Crippen molar-refractivity contribution >= 4 is 22.9 Å². The van der Waals surface area contributed by atoms with E-state index in [2.05, 4.69) is 10.3 Å². The number of carbonyl (C=O) groups is 1. The summed E-state index contributed by atoms with van der Waals surface area (Å²) in [5, 5.41) is 14.6. The molecule has 5 nitrogen and oxygen atoms in total. The monoisotopic (exact) mass is 292 g/mol. The highest BCUT2D eigenvalue weighted by atomic mass is 32.1. The number of aliphatic hydroxyl groups is 1. The molecule has 2 aromatic rings. The Bertz CT molecular complexity index is 610. The van der Waals surface area contributed by atoms with Crippen LogP contribution in [0.15, 0.2) is 23.6 Å². The van der Waals surface area contributed by atoms with E-state index in [1.807, 2.05) is 13.8 Å². The van der Waals surface area contributed by atoms with Crippen LogP contribution in [0.3, 0.4) is 0 Å². The van der Waals surface area contributed by atoms with Gasteiger partial charge in [0, 0.05) is 16.6 Å². The summed E-state index contributed by atoms with van der Waals surface area (Å²) in [5.74, 6) is 0.361. The highest BCUT2D eigenvalue weighted by molar-refractivity contribution is 7.09. The predicted molar refractivity (Wildman–Crippen MR) is 78.3 cm³/mol. The molecule has 6 heteroatoms. The third-order valence-electron chi connectivity index (χ3n) is 2.64. The highest BCUT2D eigenvalue weighted by Crippen LogP contribution is 2.23. The lowest BCUT2D eigenvalue weighted by atomic mass is 10.2. The number of carbonyl (C=O) groups excluding carboxylic acids is 1. The standard InChI is InChI=1S/C14H16N2O3S/c1-3-19-13-5-4-11(6-10(13)7-17)16-14(18)12-8-20-9(2)15-12/h4-6,8,17H,3,7H2,1-2H3,(H,16,18). The Morgan fingerprint density at radius 3 is 2.90 bits per heavy atom. The van der Waals surface area contributed by atoms with E-state index in [-0.39, 0.29) is 12.5 Å². The van der Waals surface area contributed by atoms with E-state index in [0.29, 0.717) is 29.3 Å². The number of ether oxygens (including phenoxy) is 1. The number of nitrogens with one attached hydrogen (secondary N) is 1. The van der Waals surface area contributed by atoms with Gasteiger partial charge in [0.2, 0.25) is 0 Å². The number of hydrogen-bond acceptors (Lipinski definition) is 5. The van der Waals surface area contributed by atoms with Crippen molar-refractivity contribution in [3.8, 4) is 5.75 Å². The Balaban J connectivity index is 2.15. The summed E-state index contributed by atoms with van der Waals surface area (Å²) in [7, 11) is 0. The van der Waals surface area contributed by atoms with E-state index in [1.54, 1.807) is 23.6 Å². The van der Waals surface area contributed by atoms with Crippen molar-refractivity contribution < 1.29 is 14.6 Å². The number of benzene rings is 1. The summed E-state index contributed by atoms with van der Waals surface area (Å²) in [6.45, 7) is 4.11. The molecule has 0 bridgehead atoms. The molecule has 0 saturated carbocycles. The largest absolute Gasteiger partial charge is 0.494 e. The van der Waals surface area contributed by atoms with Crippen molar-refractivity contribution in [2.75, 3.05) is 11.9 Å². The summed E-state index contributed by atoms with van der Waals surface area (Å²) in [5.41, 5.74) is 1.64. The van der Waals surface area contributed by atoms with E-state index < -0.39 is 0 Å². The Labute approximate surface area is 121 Å². The molecule has 1 aromatic heterocycles. The molecule has 0 aliphatic rings. The second-order valence-electron chi connectivity index (χ2n) is 4.12. The molecule has 0 radical (unpaired) electrons. The molecule has 106 valence electrons. The lowest BCUT2D eigenvalue weighted by molar-refractivity contribution is 0.102. The van der Waals surface area contributed by atoms with Crippen molar-refractivity contribution in [1.29, 1.82) is 0 Å². The fraction of sp³-hybridized carbons (Fsp3) is 0.286. The topological polar surface area (TPSA) is 71.5 Å². The average Bonchev–Trinajstić information content (AvgIpc) is 2.87. The van der Waals surface area contributed by atoms with Crippen LogP contribution in [0, 0.1) is 6.92 Å². The van der Waals surface area contributed by atoms with Crippen LogP contribution in [-0.4, -0.2) is 22.6 Å². The minimum absolute atomic E-state index is 0.144. The van der Waals surface area contributed by atoms with Crippen LogP contribution in [0.1, 0.15) is 28.0 Å². The van der Waals surface area contributed by atoms with Gasteiger partial charge in [0.05, 0.1) is 18.2 Å². The maximum Gasteiger partial charge on any atom is 0.275 e. The Hall–Kier alpha value is -1.92. The maximum atomic E-state index is 12.0. The maximum absolute atomic E-state index is 12.0. The smallest absolute Gasteiger partial charge is 0.275 e. The second-order valence-corrected chi connectivity index (χ2v) is 5.18. The predicted octanol–water partition coefficient (Wildman–Crippen LogP) is 2.59.